The highest BCUT2D eigenvalue weighted by atomic mass is 16.5. The third-order valence-electron chi connectivity index (χ3n) is 5.22. The lowest BCUT2D eigenvalue weighted by atomic mass is 9.86. The van der Waals surface area contributed by atoms with Crippen LogP contribution >= 0.6 is 0 Å². The van der Waals surface area contributed by atoms with Gasteiger partial charge in [0.05, 0.1) is 26.4 Å². The molecule has 0 aliphatic carbocycles. The Hall–Kier alpha value is -3.15. The van der Waals surface area contributed by atoms with Gasteiger partial charge >= 0.3 is 0 Å². The zero-order valence-corrected chi connectivity index (χ0v) is 17.1. The number of allylic oxidation sites excluding steroid dienone is 2. The summed E-state index contributed by atoms with van der Waals surface area (Å²) in [6, 6.07) is 5.11. The fourth-order valence-electron chi connectivity index (χ4n) is 3.68. The minimum absolute atomic E-state index is 0.113. The van der Waals surface area contributed by atoms with E-state index < -0.39 is 0 Å². The van der Waals surface area contributed by atoms with Crippen LogP contribution in [0.25, 0.3) is 0 Å². The first kappa shape index (κ1) is 20.6. The van der Waals surface area contributed by atoms with Gasteiger partial charge in [0.15, 0.2) is 6.29 Å². The van der Waals surface area contributed by atoms with Gasteiger partial charge in [-0.25, -0.2) is 0 Å². The third kappa shape index (κ3) is 3.88. The lowest BCUT2D eigenvalue weighted by molar-refractivity contribution is 0.111. The SMILES string of the molecule is COc1ccc(C2COc3c(C=O)c(O)cc(OC)c3C2)c(O)c1CC=C(C)C. The zero-order chi connectivity index (χ0) is 21.1. The highest BCUT2D eigenvalue weighted by Crippen LogP contribution is 2.46. The number of methoxy groups -OCH3 is 2. The average molecular weight is 398 g/mol. The van der Waals surface area contributed by atoms with Crippen molar-refractivity contribution in [3.63, 3.8) is 0 Å². The number of carbonyl (C=O) groups is 1. The Labute approximate surface area is 170 Å². The van der Waals surface area contributed by atoms with E-state index in [-0.39, 0.29) is 29.6 Å². The first-order valence-corrected chi connectivity index (χ1v) is 9.44. The maximum atomic E-state index is 11.4. The van der Waals surface area contributed by atoms with Crippen LogP contribution in [0.4, 0.5) is 0 Å². The van der Waals surface area contributed by atoms with Gasteiger partial charge in [0, 0.05) is 28.7 Å². The molecule has 1 aliphatic rings. The van der Waals surface area contributed by atoms with E-state index in [4.69, 9.17) is 14.2 Å². The molecule has 1 unspecified atom stereocenters. The van der Waals surface area contributed by atoms with Crippen molar-refractivity contribution in [3.8, 4) is 28.7 Å². The molecule has 29 heavy (non-hydrogen) atoms. The van der Waals surface area contributed by atoms with Crippen LogP contribution in [0, 0.1) is 0 Å². The molecule has 2 N–H and O–H groups in total. The molecule has 1 aliphatic heterocycles. The zero-order valence-electron chi connectivity index (χ0n) is 17.1. The van der Waals surface area contributed by atoms with Gasteiger partial charge in [0.1, 0.15) is 28.7 Å². The van der Waals surface area contributed by atoms with Crippen molar-refractivity contribution >= 4 is 6.29 Å². The number of phenolic OH excluding ortho intramolecular Hbond substituents is 2. The van der Waals surface area contributed by atoms with Crippen LogP contribution in [-0.4, -0.2) is 37.3 Å². The highest BCUT2D eigenvalue weighted by Gasteiger charge is 2.30. The molecule has 0 saturated carbocycles. The van der Waals surface area contributed by atoms with E-state index in [1.54, 1.807) is 7.11 Å². The van der Waals surface area contributed by atoms with Crippen molar-refractivity contribution in [3.05, 3.63) is 52.1 Å². The van der Waals surface area contributed by atoms with Gasteiger partial charge in [-0.15, -0.1) is 0 Å². The highest BCUT2D eigenvalue weighted by molar-refractivity contribution is 5.85. The minimum Gasteiger partial charge on any atom is -0.507 e. The summed E-state index contributed by atoms with van der Waals surface area (Å²) >= 11 is 0. The summed E-state index contributed by atoms with van der Waals surface area (Å²) in [6.45, 7) is 4.28. The lowest BCUT2D eigenvalue weighted by Gasteiger charge is -2.29. The fourth-order valence-corrected chi connectivity index (χ4v) is 3.68. The van der Waals surface area contributed by atoms with E-state index in [0.29, 0.717) is 41.9 Å². The smallest absolute Gasteiger partial charge is 0.157 e. The Morgan fingerprint density at radius 2 is 1.93 bits per heavy atom. The molecule has 2 aromatic carbocycles. The molecule has 1 atom stereocenters. The van der Waals surface area contributed by atoms with Crippen molar-refractivity contribution in [2.75, 3.05) is 20.8 Å². The number of hydrogen-bond donors (Lipinski definition) is 2. The summed E-state index contributed by atoms with van der Waals surface area (Å²) in [7, 11) is 3.08. The Kier molecular flexibility index (Phi) is 6.01. The first-order valence-electron chi connectivity index (χ1n) is 9.44. The number of benzene rings is 2. The lowest BCUT2D eigenvalue weighted by Crippen LogP contribution is -2.21. The van der Waals surface area contributed by atoms with Gasteiger partial charge in [-0.3, -0.25) is 4.79 Å². The fraction of sp³-hybridized carbons (Fsp3) is 0.348. The number of rotatable bonds is 6. The predicted molar refractivity (Wildman–Crippen MR) is 110 cm³/mol. The second-order valence-corrected chi connectivity index (χ2v) is 7.32. The molecule has 6 heteroatoms. The molecule has 154 valence electrons. The predicted octanol–water partition coefficient (Wildman–Crippen LogP) is 4.15. The molecule has 0 fully saturated rings. The molecule has 0 spiro atoms. The topological polar surface area (TPSA) is 85.2 Å². The third-order valence-corrected chi connectivity index (χ3v) is 5.22. The quantitative estimate of drug-likeness (QED) is 0.562. The van der Waals surface area contributed by atoms with Gasteiger partial charge in [-0.1, -0.05) is 17.7 Å². The van der Waals surface area contributed by atoms with E-state index in [0.717, 1.165) is 16.7 Å². The molecule has 3 rings (SSSR count). The molecule has 0 amide bonds. The summed E-state index contributed by atoms with van der Waals surface area (Å²) in [5, 5.41) is 21.0. The Bertz CT molecular complexity index is 957. The number of ether oxygens (including phenoxy) is 3. The van der Waals surface area contributed by atoms with Gasteiger partial charge < -0.3 is 24.4 Å². The Morgan fingerprint density at radius 1 is 1.21 bits per heavy atom. The standard InChI is InChI=1S/C23H26O6/c1-13(2)5-6-16-20(27-3)8-7-15(22(16)26)14-9-17-21(28-4)10-19(25)18(11-24)23(17)29-12-14/h5,7-8,10-11,14,25-26H,6,9,12H2,1-4H3. The number of carbonyl (C=O) groups excluding carboxylic acids is 1. The van der Waals surface area contributed by atoms with Crippen LogP contribution < -0.4 is 14.2 Å². The molecular formula is C23H26O6. The number of phenols is 2. The Balaban J connectivity index is 2.03. The van der Waals surface area contributed by atoms with Crippen LogP contribution in [0.1, 0.15) is 46.8 Å². The van der Waals surface area contributed by atoms with Crippen molar-refractivity contribution in [2.24, 2.45) is 0 Å². The van der Waals surface area contributed by atoms with Crippen LogP contribution in [-0.2, 0) is 12.8 Å². The van der Waals surface area contributed by atoms with E-state index >= 15 is 0 Å². The number of aromatic hydroxyl groups is 2. The maximum absolute atomic E-state index is 11.4. The second-order valence-electron chi connectivity index (χ2n) is 7.32. The van der Waals surface area contributed by atoms with E-state index in [2.05, 4.69) is 0 Å². The number of hydrogen-bond acceptors (Lipinski definition) is 6. The van der Waals surface area contributed by atoms with Gasteiger partial charge in [0.25, 0.3) is 0 Å². The van der Waals surface area contributed by atoms with Crippen molar-refractivity contribution in [2.45, 2.75) is 32.6 Å². The van der Waals surface area contributed by atoms with Crippen molar-refractivity contribution < 1.29 is 29.2 Å². The average Bonchev–Trinajstić information content (AvgIpc) is 2.71. The van der Waals surface area contributed by atoms with E-state index in [9.17, 15) is 15.0 Å². The maximum Gasteiger partial charge on any atom is 0.157 e. The first-order chi connectivity index (χ1) is 13.9. The molecule has 0 aromatic heterocycles. The molecule has 0 radical (unpaired) electrons. The van der Waals surface area contributed by atoms with Gasteiger partial charge in [0.2, 0.25) is 0 Å². The molecule has 2 aromatic rings. The summed E-state index contributed by atoms with van der Waals surface area (Å²) in [4.78, 5) is 11.4. The van der Waals surface area contributed by atoms with Crippen LogP contribution in [0.3, 0.4) is 0 Å². The van der Waals surface area contributed by atoms with Crippen LogP contribution in [0.2, 0.25) is 0 Å². The summed E-state index contributed by atoms with van der Waals surface area (Å²) in [5.74, 6) is 1.29. The normalized spacial score (nSPS) is 15.1. The molecule has 6 nitrogen and oxygen atoms in total. The van der Waals surface area contributed by atoms with Gasteiger partial charge in [-0.05, 0) is 32.8 Å². The van der Waals surface area contributed by atoms with E-state index in [1.807, 2.05) is 32.1 Å². The number of aldehydes is 1. The van der Waals surface area contributed by atoms with Crippen LogP contribution in [0.5, 0.6) is 28.7 Å². The minimum atomic E-state index is -0.176. The van der Waals surface area contributed by atoms with Gasteiger partial charge in [-0.2, -0.15) is 0 Å². The van der Waals surface area contributed by atoms with Crippen LogP contribution in [0.15, 0.2) is 29.8 Å². The van der Waals surface area contributed by atoms with E-state index in [1.165, 1.54) is 13.2 Å². The summed E-state index contributed by atoms with van der Waals surface area (Å²) in [6.07, 6.45) is 3.68. The number of fused-ring (bicyclic) bond motifs is 1. The molecule has 1 heterocycles. The second kappa shape index (κ2) is 8.47. The Morgan fingerprint density at radius 3 is 2.55 bits per heavy atom. The molecular weight excluding hydrogens is 372 g/mol. The monoisotopic (exact) mass is 398 g/mol. The summed E-state index contributed by atoms with van der Waals surface area (Å²) in [5.41, 5.74) is 3.43. The molecule has 0 bridgehead atoms. The summed E-state index contributed by atoms with van der Waals surface area (Å²) < 4.78 is 16.7. The van der Waals surface area contributed by atoms with Crippen molar-refractivity contribution in [1.29, 1.82) is 0 Å². The van der Waals surface area contributed by atoms with Crippen molar-refractivity contribution in [1.82, 2.24) is 0 Å². The molecule has 0 saturated heterocycles. The largest absolute Gasteiger partial charge is 0.507 e.